The van der Waals surface area contributed by atoms with Crippen LogP contribution in [-0.4, -0.2) is 12.3 Å². The van der Waals surface area contributed by atoms with Gasteiger partial charge in [-0.3, -0.25) is 0 Å². The van der Waals surface area contributed by atoms with Crippen molar-refractivity contribution >= 4 is 37.6 Å². The molecule has 0 nitrogen and oxygen atoms in total. The summed E-state index contributed by atoms with van der Waals surface area (Å²) in [5.74, 6) is 0. The lowest BCUT2D eigenvalue weighted by atomic mass is 9.73. The van der Waals surface area contributed by atoms with Crippen molar-refractivity contribution in [1.29, 1.82) is 0 Å². The lowest BCUT2D eigenvalue weighted by molar-refractivity contribution is 0.630. The zero-order valence-electron chi connectivity index (χ0n) is 26.0. The van der Waals surface area contributed by atoms with Crippen molar-refractivity contribution in [2.75, 3.05) is 12.3 Å². The van der Waals surface area contributed by atoms with E-state index in [1.165, 1.54) is 34.6 Å². The maximum absolute atomic E-state index is 2.58. The lowest BCUT2D eigenvalue weighted by Crippen LogP contribution is -2.19. The van der Waals surface area contributed by atoms with Crippen LogP contribution in [0.1, 0.15) is 49.9 Å². The van der Waals surface area contributed by atoms with E-state index in [0.717, 1.165) is 0 Å². The van der Waals surface area contributed by atoms with Gasteiger partial charge in [0.2, 0.25) is 0 Å². The summed E-state index contributed by atoms with van der Waals surface area (Å²) in [5, 5.41) is 6.35. The van der Waals surface area contributed by atoms with Crippen LogP contribution in [0.25, 0.3) is 21.8 Å². The molecule has 0 aliphatic carbocycles. The summed E-state index contributed by atoms with van der Waals surface area (Å²) in [7, 11) is -0.901. The fourth-order valence-electron chi connectivity index (χ4n) is 8.32. The van der Waals surface area contributed by atoms with E-state index in [1.807, 2.05) is 0 Å². The second kappa shape index (κ2) is 10.5. The van der Waals surface area contributed by atoms with Crippen LogP contribution >= 0.6 is 15.8 Å². The molecule has 0 saturated carbocycles. The smallest absolute Gasteiger partial charge is 0.0198 e. The highest BCUT2D eigenvalue weighted by Crippen LogP contribution is 2.80. The Hall–Kier alpha value is -3.56. The van der Waals surface area contributed by atoms with E-state index in [9.17, 15) is 0 Å². The zero-order chi connectivity index (χ0) is 30.1. The van der Waals surface area contributed by atoms with Crippen LogP contribution in [-0.2, 0) is 0 Å². The van der Waals surface area contributed by atoms with E-state index in [0.29, 0.717) is 0 Å². The van der Waals surface area contributed by atoms with Gasteiger partial charge in [-0.05, 0) is 96.7 Å². The number of hydrogen-bond donors (Lipinski definition) is 0. The van der Waals surface area contributed by atoms with Gasteiger partial charge in [0.05, 0.1) is 0 Å². The first kappa shape index (κ1) is 28.0. The minimum atomic E-state index is -0.450. The Morgan fingerprint density at radius 2 is 0.750 bits per heavy atom. The Bertz CT molecular complexity index is 1780. The highest BCUT2D eigenvalue weighted by molar-refractivity contribution is 7.74. The maximum atomic E-state index is 2.58. The first-order valence-corrected chi connectivity index (χ1v) is 18.8. The molecule has 0 fully saturated rings. The van der Waals surface area contributed by atoms with Gasteiger partial charge in [-0.25, -0.2) is 0 Å². The van der Waals surface area contributed by atoms with Crippen LogP contribution in [0.3, 0.4) is 0 Å². The quantitative estimate of drug-likeness (QED) is 0.192. The summed E-state index contributed by atoms with van der Waals surface area (Å²) in [6.45, 7) is 9.83. The molecule has 2 unspecified atom stereocenters. The second-order valence-corrected chi connectivity index (χ2v) is 17.3. The molecule has 0 saturated heterocycles. The maximum Gasteiger partial charge on any atom is 0.0198 e. The van der Waals surface area contributed by atoms with Gasteiger partial charge < -0.3 is 0 Å². The summed E-state index contributed by atoms with van der Waals surface area (Å²) < 4.78 is 0. The van der Waals surface area contributed by atoms with Crippen molar-refractivity contribution in [3.8, 4) is 0 Å². The van der Waals surface area contributed by atoms with E-state index in [1.54, 1.807) is 43.5 Å². The lowest BCUT2D eigenvalue weighted by Gasteiger charge is -2.31. The van der Waals surface area contributed by atoms with E-state index in [2.05, 4.69) is 161 Å². The molecule has 0 N–H and O–H groups in total. The number of benzene rings is 4. The Morgan fingerprint density at radius 1 is 0.455 bits per heavy atom. The molecule has 0 radical (unpaired) electrons. The van der Waals surface area contributed by atoms with Crippen molar-refractivity contribution in [3.05, 3.63) is 178 Å². The zero-order valence-corrected chi connectivity index (χ0v) is 27.8. The average molecular weight is 605 g/mol. The largest absolute Gasteiger partial charge is 0.0622 e. The summed E-state index contributed by atoms with van der Waals surface area (Å²) >= 11 is 0. The standard InChI is InChI=1S/C42H38P2/c1-29-39(33-21-13-7-14-22-33)43-27-41(29,3)37(31-17-9-5-10-18-31)35(43)25-26-36-38(32-19-11-6-12-20-32)42(4)28-44(36)40(30(42)2)34-23-15-8-16-24-34/h5-26H,27-28H2,1-4H3/b26-25-/t41-,42-,43?,44?/m0/s1. The molecule has 0 spiro atoms. The molecule has 4 atom stereocenters. The minimum Gasteiger partial charge on any atom is -0.0622 e. The van der Waals surface area contributed by atoms with Crippen molar-refractivity contribution in [3.63, 3.8) is 0 Å². The van der Waals surface area contributed by atoms with Crippen molar-refractivity contribution in [2.45, 2.75) is 27.7 Å². The Labute approximate surface area is 265 Å². The fraction of sp³-hybridized carbons (Fsp3) is 0.190. The number of hydrogen-bond acceptors (Lipinski definition) is 0. The van der Waals surface area contributed by atoms with Crippen molar-refractivity contribution in [1.82, 2.24) is 0 Å². The summed E-state index contributed by atoms with van der Waals surface area (Å²) in [5.41, 5.74) is 11.9. The van der Waals surface area contributed by atoms with Gasteiger partial charge in [-0.2, -0.15) is 0 Å². The number of allylic oxidation sites excluding steroid dienone is 8. The Kier molecular flexibility index (Phi) is 6.68. The highest BCUT2D eigenvalue weighted by atomic mass is 31.1. The molecular formula is C42H38P2. The molecule has 4 heterocycles. The molecule has 0 amide bonds. The molecule has 216 valence electrons. The molecule has 44 heavy (non-hydrogen) atoms. The summed E-state index contributed by atoms with van der Waals surface area (Å²) in [4.78, 5) is 0. The first-order chi connectivity index (χ1) is 21.4. The van der Waals surface area contributed by atoms with Crippen molar-refractivity contribution < 1.29 is 0 Å². The fourth-order valence-corrected chi connectivity index (χ4v) is 15.5. The van der Waals surface area contributed by atoms with Crippen LogP contribution in [0.4, 0.5) is 0 Å². The van der Waals surface area contributed by atoms with Gasteiger partial charge in [-0.15, -0.1) is 0 Å². The minimum absolute atomic E-state index is 0.0617. The SMILES string of the molecule is CC1=C(c2ccccc2)P2C[C@]1(C)C(c1ccccc1)=C2/C=C\C1=C(c2ccccc2)[C@@]2(C)CP1C(c1ccccc1)=C2C. The van der Waals surface area contributed by atoms with E-state index in [4.69, 9.17) is 0 Å². The normalized spacial score (nSPS) is 27.5. The van der Waals surface area contributed by atoms with Crippen molar-refractivity contribution in [2.24, 2.45) is 10.8 Å². The topological polar surface area (TPSA) is 0 Å². The van der Waals surface area contributed by atoms with Crippen LogP contribution in [0.5, 0.6) is 0 Å². The van der Waals surface area contributed by atoms with Crippen LogP contribution in [0.2, 0.25) is 0 Å². The van der Waals surface area contributed by atoms with E-state index >= 15 is 0 Å². The van der Waals surface area contributed by atoms with Crippen LogP contribution < -0.4 is 0 Å². The Balaban J connectivity index is 1.31. The number of fused-ring (bicyclic) bond motifs is 4. The number of rotatable bonds is 6. The molecule has 2 heteroatoms. The predicted octanol–water partition coefficient (Wildman–Crippen LogP) is 12.3. The first-order valence-electron chi connectivity index (χ1n) is 15.8. The summed E-state index contributed by atoms with van der Waals surface area (Å²) in [6.07, 6.45) is 7.59. The molecule has 0 aromatic heterocycles. The third-order valence-corrected chi connectivity index (χ3v) is 16.7. The monoisotopic (exact) mass is 604 g/mol. The van der Waals surface area contributed by atoms with Gasteiger partial charge >= 0.3 is 0 Å². The average Bonchev–Trinajstić information content (AvgIpc) is 3.71. The van der Waals surface area contributed by atoms with E-state index in [-0.39, 0.29) is 10.8 Å². The van der Waals surface area contributed by atoms with Crippen LogP contribution in [0, 0.1) is 10.8 Å². The summed E-state index contributed by atoms with van der Waals surface area (Å²) in [6, 6.07) is 44.8. The predicted molar refractivity (Wildman–Crippen MR) is 194 cm³/mol. The molecular weight excluding hydrogens is 566 g/mol. The molecule has 4 aromatic carbocycles. The van der Waals surface area contributed by atoms with Gasteiger partial charge in [0.25, 0.3) is 0 Å². The Morgan fingerprint density at radius 3 is 1.07 bits per heavy atom. The van der Waals surface area contributed by atoms with E-state index < -0.39 is 15.8 Å². The second-order valence-electron chi connectivity index (χ2n) is 13.1. The molecule has 4 aliphatic rings. The highest BCUT2D eigenvalue weighted by Gasteiger charge is 2.53. The van der Waals surface area contributed by atoms with Gasteiger partial charge in [0.15, 0.2) is 0 Å². The van der Waals surface area contributed by atoms with Gasteiger partial charge in [0.1, 0.15) is 0 Å². The van der Waals surface area contributed by atoms with Crippen LogP contribution in [0.15, 0.2) is 155 Å². The van der Waals surface area contributed by atoms with Gasteiger partial charge in [-0.1, -0.05) is 158 Å². The molecule has 4 bridgehead atoms. The third kappa shape index (κ3) is 4.04. The third-order valence-electron chi connectivity index (χ3n) is 10.7. The molecule has 8 rings (SSSR count). The molecule has 4 aromatic rings. The molecule has 4 aliphatic heterocycles. The van der Waals surface area contributed by atoms with Gasteiger partial charge in [0, 0.05) is 10.8 Å².